The molecule has 1 aromatic heterocycles. The van der Waals surface area contributed by atoms with E-state index in [1.54, 1.807) is 38.3 Å². The summed E-state index contributed by atoms with van der Waals surface area (Å²) in [5.41, 5.74) is 1.19. The van der Waals surface area contributed by atoms with Gasteiger partial charge in [0.05, 0.1) is 18.4 Å². The van der Waals surface area contributed by atoms with Crippen LogP contribution in [0.25, 0.3) is 0 Å². The molecule has 90 valence electrons. The highest BCUT2D eigenvalue weighted by Crippen LogP contribution is 2.01. The summed E-state index contributed by atoms with van der Waals surface area (Å²) in [6.07, 6.45) is 4.85. The lowest BCUT2D eigenvalue weighted by Gasteiger charge is -2.06. The second-order valence-corrected chi connectivity index (χ2v) is 3.44. The zero-order valence-corrected chi connectivity index (χ0v) is 9.86. The summed E-state index contributed by atoms with van der Waals surface area (Å²) in [6, 6.07) is 3.45. The SMILES string of the molecule is CC=C(C)C(=O)NCC(=O)Nc1cccnc1. The van der Waals surface area contributed by atoms with Gasteiger partial charge in [-0.1, -0.05) is 6.08 Å². The van der Waals surface area contributed by atoms with Crippen LogP contribution in [0.15, 0.2) is 36.2 Å². The van der Waals surface area contributed by atoms with E-state index < -0.39 is 0 Å². The molecule has 17 heavy (non-hydrogen) atoms. The maximum atomic E-state index is 11.5. The topological polar surface area (TPSA) is 71.1 Å². The average Bonchev–Trinajstić information content (AvgIpc) is 2.36. The summed E-state index contributed by atoms with van der Waals surface area (Å²) in [4.78, 5) is 26.7. The van der Waals surface area contributed by atoms with Crippen molar-refractivity contribution in [3.8, 4) is 0 Å². The van der Waals surface area contributed by atoms with Crippen LogP contribution in [0, 0.1) is 0 Å². The van der Waals surface area contributed by atoms with Crippen molar-refractivity contribution in [2.45, 2.75) is 13.8 Å². The molecule has 0 bridgehead atoms. The molecule has 1 aromatic rings. The molecule has 0 aliphatic heterocycles. The fourth-order valence-electron chi connectivity index (χ4n) is 1.07. The molecule has 0 unspecified atom stereocenters. The molecular weight excluding hydrogens is 218 g/mol. The number of hydrogen-bond acceptors (Lipinski definition) is 3. The van der Waals surface area contributed by atoms with Crippen LogP contribution in [0.4, 0.5) is 5.69 Å². The number of pyridine rings is 1. The van der Waals surface area contributed by atoms with E-state index in [0.29, 0.717) is 11.3 Å². The van der Waals surface area contributed by atoms with Gasteiger partial charge in [0.15, 0.2) is 0 Å². The monoisotopic (exact) mass is 233 g/mol. The number of carbonyl (C=O) groups is 2. The molecule has 5 nitrogen and oxygen atoms in total. The predicted molar refractivity (Wildman–Crippen MR) is 65.3 cm³/mol. The van der Waals surface area contributed by atoms with Gasteiger partial charge in [0.25, 0.3) is 0 Å². The van der Waals surface area contributed by atoms with E-state index >= 15 is 0 Å². The number of rotatable bonds is 4. The lowest BCUT2D eigenvalue weighted by molar-refractivity contribution is -0.121. The highest BCUT2D eigenvalue weighted by Gasteiger charge is 2.06. The van der Waals surface area contributed by atoms with Crippen molar-refractivity contribution in [1.29, 1.82) is 0 Å². The van der Waals surface area contributed by atoms with Gasteiger partial charge < -0.3 is 10.6 Å². The van der Waals surface area contributed by atoms with Crippen LogP contribution in [0.3, 0.4) is 0 Å². The molecule has 0 radical (unpaired) electrons. The maximum Gasteiger partial charge on any atom is 0.247 e. The van der Waals surface area contributed by atoms with Crippen LogP contribution in [-0.4, -0.2) is 23.3 Å². The Hall–Kier alpha value is -2.17. The molecule has 0 aliphatic rings. The lowest BCUT2D eigenvalue weighted by Crippen LogP contribution is -2.33. The Labute approximate surface area is 99.9 Å². The smallest absolute Gasteiger partial charge is 0.247 e. The molecule has 5 heteroatoms. The first-order valence-electron chi connectivity index (χ1n) is 5.24. The van der Waals surface area contributed by atoms with E-state index in [1.807, 2.05) is 0 Å². The van der Waals surface area contributed by atoms with Gasteiger partial charge in [0, 0.05) is 11.8 Å². The van der Waals surface area contributed by atoms with Crippen LogP contribution >= 0.6 is 0 Å². The average molecular weight is 233 g/mol. The molecule has 0 atom stereocenters. The Bertz CT molecular complexity index is 427. The molecule has 0 fully saturated rings. The molecule has 0 aliphatic carbocycles. The zero-order valence-electron chi connectivity index (χ0n) is 9.86. The summed E-state index contributed by atoms with van der Waals surface area (Å²) in [6.45, 7) is 3.40. The first-order valence-corrected chi connectivity index (χ1v) is 5.24. The molecular formula is C12H15N3O2. The van der Waals surface area contributed by atoms with Crippen LogP contribution in [0.5, 0.6) is 0 Å². The largest absolute Gasteiger partial charge is 0.343 e. The minimum absolute atomic E-state index is 0.0566. The van der Waals surface area contributed by atoms with Crippen molar-refractivity contribution in [2.75, 3.05) is 11.9 Å². The number of carbonyl (C=O) groups excluding carboxylic acids is 2. The Balaban J connectivity index is 2.39. The number of amides is 2. The summed E-state index contributed by atoms with van der Waals surface area (Å²) >= 11 is 0. The van der Waals surface area contributed by atoms with Crippen LogP contribution < -0.4 is 10.6 Å². The molecule has 0 saturated carbocycles. The number of hydrogen-bond donors (Lipinski definition) is 2. The minimum Gasteiger partial charge on any atom is -0.343 e. The highest BCUT2D eigenvalue weighted by atomic mass is 16.2. The first kappa shape index (κ1) is 12.9. The lowest BCUT2D eigenvalue weighted by atomic mass is 10.3. The standard InChI is InChI=1S/C12H15N3O2/c1-3-9(2)12(17)14-8-11(16)15-10-5-4-6-13-7-10/h3-7H,8H2,1-2H3,(H,14,17)(H,15,16). The van der Waals surface area contributed by atoms with Gasteiger partial charge in [-0.3, -0.25) is 14.6 Å². The molecule has 0 spiro atoms. The van der Waals surface area contributed by atoms with Crippen molar-refractivity contribution in [1.82, 2.24) is 10.3 Å². The van der Waals surface area contributed by atoms with Gasteiger partial charge in [0.1, 0.15) is 0 Å². The second kappa shape index (κ2) is 6.42. The highest BCUT2D eigenvalue weighted by molar-refractivity contribution is 5.98. The fraction of sp³-hybridized carbons (Fsp3) is 0.250. The molecule has 1 rings (SSSR count). The zero-order chi connectivity index (χ0) is 12.7. The van der Waals surface area contributed by atoms with Crippen molar-refractivity contribution in [3.63, 3.8) is 0 Å². The first-order chi connectivity index (χ1) is 8.13. The van der Waals surface area contributed by atoms with Crippen molar-refractivity contribution >= 4 is 17.5 Å². The number of anilines is 1. The van der Waals surface area contributed by atoms with Gasteiger partial charge in [-0.2, -0.15) is 0 Å². The van der Waals surface area contributed by atoms with Crippen LogP contribution in [0.1, 0.15) is 13.8 Å². The van der Waals surface area contributed by atoms with Crippen molar-refractivity contribution < 1.29 is 9.59 Å². The van der Waals surface area contributed by atoms with Gasteiger partial charge in [0.2, 0.25) is 11.8 Å². The van der Waals surface area contributed by atoms with E-state index in [1.165, 1.54) is 6.20 Å². The third kappa shape index (κ3) is 4.46. The third-order valence-electron chi connectivity index (χ3n) is 2.15. The number of nitrogens with one attached hydrogen (secondary N) is 2. The fourth-order valence-corrected chi connectivity index (χ4v) is 1.07. The van der Waals surface area contributed by atoms with Gasteiger partial charge >= 0.3 is 0 Å². The third-order valence-corrected chi connectivity index (χ3v) is 2.15. The molecule has 2 amide bonds. The maximum absolute atomic E-state index is 11.5. The van der Waals surface area contributed by atoms with Crippen LogP contribution in [-0.2, 0) is 9.59 Å². The summed E-state index contributed by atoms with van der Waals surface area (Å²) < 4.78 is 0. The Morgan fingerprint density at radius 1 is 1.47 bits per heavy atom. The van der Waals surface area contributed by atoms with Gasteiger partial charge in [-0.15, -0.1) is 0 Å². The number of nitrogens with zero attached hydrogens (tertiary/aromatic N) is 1. The number of aromatic nitrogens is 1. The summed E-state index contributed by atoms with van der Waals surface area (Å²) in [7, 11) is 0. The second-order valence-electron chi connectivity index (χ2n) is 3.44. The number of allylic oxidation sites excluding steroid dienone is 1. The molecule has 0 aromatic carbocycles. The molecule has 2 N–H and O–H groups in total. The van der Waals surface area contributed by atoms with E-state index in [2.05, 4.69) is 15.6 Å². The normalized spacial score (nSPS) is 10.8. The van der Waals surface area contributed by atoms with Gasteiger partial charge in [-0.05, 0) is 26.0 Å². The van der Waals surface area contributed by atoms with E-state index in [0.717, 1.165) is 0 Å². The Morgan fingerprint density at radius 2 is 2.24 bits per heavy atom. The Morgan fingerprint density at radius 3 is 2.82 bits per heavy atom. The molecule has 1 heterocycles. The van der Waals surface area contributed by atoms with Gasteiger partial charge in [-0.25, -0.2) is 0 Å². The van der Waals surface area contributed by atoms with Crippen LogP contribution in [0.2, 0.25) is 0 Å². The van der Waals surface area contributed by atoms with E-state index in [9.17, 15) is 9.59 Å². The van der Waals surface area contributed by atoms with Crippen molar-refractivity contribution in [2.24, 2.45) is 0 Å². The summed E-state index contributed by atoms with van der Waals surface area (Å²) in [5, 5.41) is 5.13. The van der Waals surface area contributed by atoms with E-state index in [-0.39, 0.29) is 18.4 Å². The molecule has 0 saturated heterocycles. The van der Waals surface area contributed by atoms with Crippen molar-refractivity contribution in [3.05, 3.63) is 36.2 Å². The minimum atomic E-state index is -0.282. The Kier molecular flexibility index (Phi) is 4.87. The van der Waals surface area contributed by atoms with E-state index in [4.69, 9.17) is 0 Å². The quantitative estimate of drug-likeness (QED) is 0.765. The predicted octanol–water partition coefficient (Wildman–Crippen LogP) is 1.10. The summed E-state index contributed by atoms with van der Waals surface area (Å²) in [5.74, 6) is -0.524.